The zero-order chi connectivity index (χ0) is 7.56. The second-order valence-electron chi connectivity index (χ2n) is 1.89. The molecule has 10 heavy (non-hydrogen) atoms. The van der Waals surface area contributed by atoms with Gasteiger partial charge in [0, 0.05) is 11.3 Å². The van der Waals surface area contributed by atoms with Crippen molar-refractivity contribution in [3.63, 3.8) is 0 Å². The molecule has 4 heteroatoms. The molecule has 0 amide bonds. The summed E-state index contributed by atoms with van der Waals surface area (Å²) in [6.07, 6.45) is 1.37. The van der Waals surface area contributed by atoms with Crippen LogP contribution in [0.3, 0.4) is 0 Å². The van der Waals surface area contributed by atoms with E-state index in [4.69, 9.17) is 16.7 Å². The Hall–Kier alpha value is -0.670. The molecule has 54 valence electrons. The standard InChI is InChI=1S/C6H7ClN2O/c1-4-5(2-10)6(7)9-3-8-4/h3,10H,2H2,1H3. The number of hydrogen-bond acceptors (Lipinski definition) is 3. The van der Waals surface area contributed by atoms with E-state index in [1.54, 1.807) is 6.92 Å². The van der Waals surface area contributed by atoms with Gasteiger partial charge in [0.15, 0.2) is 0 Å². The molecule has 1 heterocycles. The van der Waals surface area contributed by atoms with Gasteiger partial charge in [0.2, 0.25) is 0 Å². The average Bonchev–Trinajstić information content (AvgIpc) is 1.88. The lowest BCUT2D eigenvalue weighted by Gasteiger charge is -2.00. The highest BCUT2D eigenvalue weighted by Gasteiger charge is 2.02. The summed E-state index contributed by atoms with van der Waals surface area (Å²) in [5.41, 5.74) is 1.33. The zero-order valence-electron chi connectivity index (χ0n) is 5.50. The largest absolute Gasteiger partial charge is 0.391 e. The van der Waals surface area contributed by atoms with Crippen LogP contribution in [0.5, 0.6) is 0 Å². The lowest BCUT2D eigenvalue weighted by atomic mass is 10.3. The van der Waals surface area contributed by atoms with Gasteiger partial charge in [0.25, 0.3) is 0 Å². The van der Waals surface area contributed by atoms with Gasteiger partial charge in [0.1, 0.15) is 11.5 Å². The average molecular weight is 159 g/mol. The van der Waals surface area contributed by atoms with Crippen LogP contribution in [-0.4, -0.2) is 15.1 Å². The van der Waals surface area contributed by atoms with E-state index in [1.165, 1.54) is 6.33 Å². The molecule has 0 saturated carbocycles. The number of halogens is 1. The SMILES string of the molecule is Cc1ncnc(Cl)c1CO. The van der Waals surface area contributed by atoms with Crippen LogP contribution < -0.4 is 0 Å². The first-order valence-electron chi connectivity index (χ1n) is 2.82. The summed E-state index contributed by atoms with van der Waals surface area (Å²) in [4.78, 5) is 7.56. The van der Waals surface area contributed by atoms with Crippen molar-refractivity contribution in [3.05, 3.63) is 22.7 Å². The Kier molecular flexibility index (Phi) is 2.19. The fourth-order valence-corrected chi connectivity index (χ4v) is 0.891. The van der Waals surface area contributed by atoms with E-state index in [1.807, 2.05) is 0 Å². The van der Waals surface area contributed by atoms with Gasteiger partial charge in [-0.25, -0.2) is 9.97 Å². The highest BCUT2D eigenvalue weighted by atomic mass is 35.5. The Labute approximate surface area is 63.7 Å². The summed E-state index contributed by atoms with van der Waals surface area (Å²) in [6, 6.07) is 0. The fraction of sp³-hybridized carbons (Fsp3) is 0.333. The molecule has 0 bridgehead atoms. The van der Waals surface area contributed by atoms with Gasteiger partial charge >= 0.3 is 0 Å². The lowest BCUT2D eigenvalue weighted by Crippen LogP contribution is -1.95. The maximum atomic E-state index is 8.73. The smallest absolute Gasteiger partial charge is 0.138 e. The van der Waals surface area contributed by atoms with Gasteiger partial charge in [-0.3, -0.25) is 0 Å². The third kappa shape index (κ3) is 1.25. The summed E-state index contributed by atoms with van der Waals surface area (Å²) in [6.45, 7) is 1.67. The van der Waals surface area contributed by atoms with Crippen LogP contribution >= 0.6 is 11.6 Å². The Morgan fingerprint density at radius 3 is 2.70 bits per heavy atom. The Morgan fingerprint density at radius 2 is 2.30 bits per heavy atom. The third-order valence-corrected chi connectivity index (χ3v) is 1.59. The molecule has 0 unspecified atom stereocenters. The van der Waals surface area contributed by atoms with Crippen LogP contribution in [0.25, 0.3) is 0 Å². The molecule has 1 aromatic rings. The van der Waals surface area contributed by atoms with Gasteiger partial charge in [-0.1, -0.05) is 11.6 Å². The summed E-state index contributed by atoms with van der Waals surface area (Å²) in [5.74, 6) is 0. The van der Waals surface area contributed by atoms with Crippen LogP contribution in [0.1, 0.15) is 11.3 Å². The first-order chi connectivity index (χ1) is 4.75. The van der Waals surface area contributed by atoms with Gasteiger partial charge in [-0.05, 0) is 6.92 Å². The first kappa shape index (κ1) is 7.44. The van der Waals surface area contributed by atoms with Gasteiger partial charge in [0.05, 0.1) is 6.61 Å². The summed E-state index contributed by atoms with van der Waals surface area (Å²) >= 11 is 5.62. The molecule has 1 aromatic heterocycles. The molecule has 0 aliphatic rings. The number of aliphatic hydroxyl groups excluding tert-OH is 1. The van der Waals surface area contributed by atoms with E-state index in [2.05, 4.69) is 9.97 Å². The van der Waals surface area contributed by atoms with Crippen LogP contribution in [0.2, 0.25) is 5.15 Å². The van der Waals surface area contributed by atoms with Crippen molar-refractivity contribution in [1.29, 1.82) is 0 Å². The molecule has 1 N–H and O–H groups in total. The molecule has 0 atom stereocenters. The third-order valence-electron chi connectivity index (χ3n) is 1.27. The summed E-state index contributed by atoms with van der Waals surface area (Å²) in [7, 11) is 0. The number of nitrogens with zero attached hydrogens (tertiary/aromatic N) is 2. The molecule has 0 aliphatic carbocycles. The lowest BCUT2D eigenvalue weighted by molar-refractivity contribution is 0.280. The Morgan fingerprint density at radius 1 is 1.60 bits per heavy atom. The topological polar surface area (TPSA) is 46.0 Å². The van der Waals surface area contributed by atoms with E-state index in [-0.39, 0.29) is 6.61 Å². The highest BCUT2D eigenvalue weighted by molar-refractivity contribution is 6.30. The summed E-state index contributed by atoms with van der Waals surface area (Å²) < 4.78 is 0. The van der Waals surface area contributed by atoms with E-state index in [9.17, 15) is 0 Å². The minimum absolute atomic E-state index is 0.106. The van der Waals surface area contributed by atoms with Crippen molar-refractivity contribution in [2.75, 3.05) is 0 Å². The highest BCUT2D eigenvalue weighted by Crippen LogP contribution is 2.13. The molecule has 1 rings (SSSR count). The van der Waals surface area contributed by atoms with Crippen molar-refractivity contribution in [2.45, 2.75) is 13.5 Å². The van der Waals surface area contributed by atoms with E-state index < -0.39 is 0 Å². The number of aliphatic hydroxyl groups is 1. The molecule has 0 aliphatic heterocycles. The minimum atomic E-state index is -0.106. The predicted molar refractivity (Wildman–Crippen MR) is 37.7 cm³/mol. The van der Waals surface area contributed by atoms with Gasteiger partial charge in [-0.15, -0.1) is 0 Å². The Balaban J connectivity index is 3.17. The quantitative estimate of drug-likeness (QED) is 0.619. The minimum Gasteiger partial charge on any atom is -0.391 e. The fourth-order valence-electron chi connectivity index (χ4n) is 0.651. The zero-order valence-corrected chi connectivity index (χ0v) is 6.26. The van der Waals surface area contributed by atoms with Crippen molar-refractivity contribution >= 4 is 11.6 Å². The first-order valence-corrected chi connectivity index (χ1v) is 3.20. The van der Waals surface area contributed by atoms with Gasteiger partial charge < -0.3 is 5.11 Å². The van der Waals surface area contributed by atoms with E-state index in [0.717, 1.165) is 5.69 Å². The Bertz CT molecular complexity index is 219. The van der Waals surface area contributed by atoms with Crippen LogP contribution in [0.4, 0.5) is 0 Å². The van der Waals surface area contributed by atoms with Crippen LogP contribution in [-0.2, 0) is 6.61 Å². The monoisotopic (exact) mass is 158 g/mol. The number of aromatic nitrogens is 2. The normalized spacial score (nSPS) is 9.90. The number of hydrogen-bond donors (Lipinski definition) is 1. The molecule has 0 spiro atoms. The second kappa shape index (κ2) is 2.94. The number of aryl methyl sites for hydroxylation is 1. The summed E-state index contributed by atoms with van der Waals surface area (Å²) in [5, 5.41) is 9.06. The van der Waals surface area contributed by atoms with Gasteiger partial charge in [-0.2, -0.15) is 0 Å². The molecule has 0 radical (unpaired) electrons. The van der Waals surface area contributed by atoms with Crippen LogP contribution in [0.15, 0.2) is 6.33 Å². The second-order valence-corrected chi connectivity index (χ2v) is 2.24. The maximum absolute atomic E-state index is 8.73. The van der Waals surface area contributed by atoms with E-state index in [0.29, 0.717) is 10.7 Å². The van der Waals surface area contributed by atoms with Crippen molar-refractivity contribution < 1.29 is 5.11 Å². The van der Waals surface area contributed by atoms with Crippen molar-refractivity contribution in [1.82, 2.24) is 9.97 Å². The van der Waals surface area contributed by atoms with Crippen molar-refractivity contribution in [3.8, 4) is 0 Å². The maximum Gasteiger partial charge on any atom is 0.138 e. The molecular weight excluding hydrogens is 152 g/mol. The predicted octanol–water partition coefficient (Wildman–Crippen LogP) is 0.931. The van der Waals surface area contributed by atoms with Crippen molar-refractivity contribution in [2.24, 2.45) is 0 Å². The molecule has 0 aromatic carbocycles. The van der Waals surface area contributed by atoms with E-state index >= 15 is 0 Å². The van der Waals surface area contributed by atoms with Crippen LogP contribution in [0, 0.1) is 6.92 Å². The molecular formula is C6H7ClN2O. The number of rotatable bonds is 1. The molecule has 0 fully saturated rings. The molecule has 0 saturated heterocycles. The molecule has 3 nitrogen and oxygen atoms in total.